The van der Waals surface area contributed by atoms with E-state index in [1.165, 1.54) is 44.2 Å². The van der Waals surface area contributed by atoms with Crippen LogP contribution in [0.3, 0.4) is 0 Å². The van der Waals surface area contributed by atoms with E-state index in [4.69, 9.17) is 5.11 Å². The van der Waals surface area contributed by atoms with Gasteiger partial charge in [-0.2, -0.15) is 5.10 Å². The Balaban J connectivity index is 2.11. The molecule has 0 aliphatic carbocycles. The van der Waals surface area contributed by atoms with E-state index in [0.29, 0.717) is 5.56 Å². The number of carbonyl (C=O) groups is 1. The highest BCUT2D eigenvalue weighted by molar-refractivity contribution is 5.94. The molecule has 0 fully saturated rings. The Bertz CT molecular complexity index is 413. The Morgan fingerprint density at radius 3 is 2.50 bits per heavy atom. The molecule has 20 heavy (non-hydrogen) atoms. The van der Waals surface area contributed by atoms with Crippen LogP contribution in [-0.2, 0) is 0 Å². The van der Waals surface area contributed by atoms with E-state index in [0.717, 1.165) is 12.8 Å². The molecule has 0 heterocycles. The number of phenols is 1. The SMILES string of the molecule is CCCCCCCCC=NNC(=O)c1ccc(O)cc1. The maximum Gasteiger partial charge on any atom is 0.271 e. The molecule has 0 saturated heterocycles. The van der Waals surface area contributed by atoms with Crippen molar-refractivity contribution < 1.29 is 9.90 Å². The fourth-order valence-corrected chi connectivity index (χ4v) is 1.86. The minimum atomic E-state index is -0.260. The second kappa shape index (κ2) is 10.0. The van der Waals surface area contributed by atoms with Crippen molar-refractivity contribution >= 4 is 12.1 Å². The van der Waals surface area contributed by atoms with Gasteiger partial charge >= 0.3 is 0 Å². The van der Waals surface area contributed by atoms with Gasteiger partial charge in [0.25, 0.3) is 5.91 Å². The lowest BCUT2D eigenvalue weighted by Crippen LogP contribution is -2.17. The minimum Gasteiger partial charge on any atom is -0.508 e. The van der Waals surface area contributed by atoms with Crippen LogP contribution in [-0.4, -0.2) is 17.2 Å². The Kier molecular flexibility index (Phi) is 8.11. The number of nitrogens with zero attached hydrogens (tertiary/aromatic N) is 1. The van der Waals surface area contributed by atoms with Gasteiger partial charge in [0.2, 0.25) is 0 Å². The lowest BCUT2D eigenvalue weighted by Gasteiger charge is -2.00. The van der Waals surface area contributed by atoms with Gasteiger partial charge in [-0.1, -0.05) is 39.0 Å². The zero-order valence-corrected chi connectivity index (χ0v) is 12.1. The molecule has 1 amide bonds. The summed E-state index contributed by atoms with van der Waals surface area (Å²) in [5.74, 6) is -0.114. The molecule has 0 aromatic heterocycles. The van der Waals surface area contributed by atoms with Crippen molar-refractivity contribution in [3.63, 3.8) is 0 Å². The van der Waals surface area contributed by atoms with Crippen molar-refractivity contribution in [3.05, 3.63) is 29.8 Å². The quantitative estimate of drug-likeness (QED) is 0.409. The second-order valence-electron chi connectivity index (χ2n) is 4.86. The van der Waals surface area contributed by atoms with Crippen LogP contribution in [0.1, 0.15) is 62.2 Å². The third kappa shape index (κ3) is 6.92. The average Bonchev–Trinajstić information content (AvgIpc) is 2.46. The van der Waals surface area contributed by atoms with Gasteiger partial charge in [-0.25, -0.2) is 5.43 Å². The lowest BCUT2D eigenvalue weighted by atomic mass is 10.1. The molecule has 1 rings (SSSR count). The first-order valence-electron chi connectivity index (χ1n) is 7.35. The number of carbonyl (C=O) groups excluding carboxylic acids is 1. The van der Waals surface area contributed by atoms with Gasteiger partial charge in [0.1, 0.15) is 5.75 Å². The molecule has 0 bridgehead atoms. The summed E-state index contributed by atoms with van der Waals surface area (Å²) in [6.45, 7) is 2.21. The molecule has 4 heteroatoms. The third-order valence-electron chi connectivity index (χ3n) is 3.07. The summed E-state index contributed by atoms with van der Waals surface area (Å²) in [7, 11) is 0. The Morgan fingerprint density at radius 1 is 1.15 bits per heavy atom. The molecule has 1 aromatic carbocycles. The summed E-state index contributed by atoms with van der Waals surface area (Å²) in [4.78, 5) is 11.7. The first-order valence-corrected chi connectivity index (χ1v) is 7.35. The summed E-state index contributed by atoms with van der Waals surface area (Å²) in [5, 5.41) is 13.0. The van der Waals surface area contributed by atoms with Crippen LogP contribution in [0, 0.1) is 0 Å². The number of hydrazone groups is 1. The minimum absolute atomic E-state index is 0.146. The van der Waals surface area contributed by atoms with Gasteiger partial charge in [0.15, 0.2) is 0 Å². The van der Waals surface area contributed by atoms with Crippen LogP contribution in [0.2, 0.25) is 0 Å². The standard InChI is InChI=1S/C16H24N2O2/c1-2-3-4-5-6-7-8-13-17-18-16(20)14-9-11-15(19)12-10-14/h9-13,19H,2-8H2,1H3,(H,18,20). The molecule has 0 radical (unpaired) electrons. The van der Waals surface area contributed by atoms with Crippen LogP contribution >= 0.6 is 0 Å². The molecule has 0 aliphatic rings. The highest BCUT2D eigenvalue weighted by Crippen LogP contribution is 2.09. The van der Waals surface area contributed by atoms with Crippen LogP contribution in [0.5, 0.6) is 5.75 Å². The van der Waals surface area contributed by atoms with E-state index in [1.54, 1.807) is 18.3 Å². The van der Waals surface area contributed by atoms with Crippen molar-refractivity contribution in [3.8, 4) is 5.75 Å². The number of benzene rings is 1. The number of amides is 1. The smallest absolute Gasteiger partial charge is 0.271 e. The second-order valence-corrected chi connectivity index (χ2v) is 4.86. The maximum absolute atomic E-state index is 11.7. The lowest BCUT2D eigenvalue weighted by molar-refractivity contribution is 0.0955. The molecule has 2 N–H and O–H groups in total. The monoisotopic (exact) mass is 276 g/mol. The first kappa shape index (κ1) is 16.2. The van der Waals surface area contributed by atoms with Crippen molar-refractivity contribution in [2.45, 2.75) is 51.9 Å². The molecule has 4 nitrogen and oxygen atoms in total. The van der Waals surface area contributed by atoms with Gasteiger partial charge in [-0.05, 0) is 37.1 Å². The molecule has 0 aliphatic heterocycles. The predicted molar refractivity (Wildman–Crippen MR) is 82.1 cm³/mol. The van der Waals surface area contributed by atoms with Gasteiger partial charge in [0, 0.05) is 11.8 Å². The van der Waals surface area contributed by atoms with Crippen LogP contribution in [0.15, 0.2) is 29.4 Å². The third-order valence-corrected chi connectivity index (χ3v) is 3.07. The number of hydrogen-bond donors (Lipinski definition) is 2. The summed E-state index contributed by atoms with van der Waals surface area (Å²) in [6, 6.07) is 6.09. The highest BCUT2D eigenvalue weighted by Gasteiger charge is 2.02. The molecule has 0 unspecified atom stereocenters. The number of phenolic OH excluding ortho intramolecular Hbond substituents is 1. The average molecular weight is 276 g/mol. The summed E-state index contributed by atoms with van der Waals surface area (Å²) in [5.41, 5.74) is 2.96. The summed E-state index contributed by atoms with van der Waals surface area (Å²) in [6.07, 6.45) is 10.1. The Morgan fingerprint density at radius 2 is 1.80 bits per heavy atom. The molecule has 0 saturated carbocycles. The maximum atomic E-state index is 11.7. The normalized spacial score (nSPS) is 10.8. The number of nitrogens with one attached hydrogen (secondary N) is 1. The van der Waals surface area contributed by atoms with E-state index >= 15 is 0 Å². The van der Waals surface area contributed by atoms with Gasteiger partial charge in [-0.15, -0.1) is 0 Å². The summed E-state index contributed by atoms with van der Waals surface area (Å²) < 4.78 is 0. The zero-order valence-electron chi connectivity index (χ0n) is 12.1. The molecular weight excluding hydrogens is 252 g/mol. The van der Waals surface area contributed by atoms with E-state index in [-0.39, 0.29) is 11.7 Å². The Hall–Kier alpha value is -1.84. The topological polar surface area (TPSA) is 61.7 Å². The zero-order chi connectivity index (χ0) is 14.6. The fourth-order valence-electron chi connectivity index (χ4n) is 1.86. The van der Waals surface area contributed by atoms with E-state index in [9.17, 15) is 4.79 Å². The van der Waals surface area contributed by atoms with Crippen molar-refractivity contribution in [2.75, 3.05) is 0 Å². The van der Waals surface area contributed by atoms with Crippen LogP contribution < -0.4 is 5.43 Å². The van der Waals surface area contributed by atoms with Crippen LogP contribution in [0.25, 0.3) is 0 Å². The number of hydrogen-bond acceptors (Lipinski definition) is 3. The van der Waals surface area contributed by atoms with Gasteiger partial charge in [-0.3, -0.25) is 4.79 Å². The molecule has 110 valence electrons. The molecule has 1 aromatic rings. The number of unbranched alkanes of at least 4 members (excludes halogenated alkanes) is 6. The van der Waals surface area contributed by atoms with Crippen molar-refractivity contribution in [1.82, 2.24) is 5.43 Å². The largest absolute Gasteiger partial charge is 0.508 e. The van der Waals surface area contributed by atoms with Gasteiger partial charge < -0.3 is 5.11 Å². The predicted octanol–water partition coefficient (Wildman–Crippen LogP) is 3.86. The molecule has 0 spiro atoms. The number of aromatic hydroxyl groups is 1. The van der Waals surface area contributed by atoms with Crippen LogP contribution in [0.4, 0.5) is 0 Å². The van der Waals surface area contributed by atoms with E-state index in [2.05, 4.69) is 17.5 Å². The van der Waals surface area contributed by atoms with E-state index in [1.807, 2.05) is 0 Å². The number of rotatable bonds is 9. The molecule has 0 atom stereocenters. The van der Waals surface area contributed by atoms with Crippen molar-refractivity contribution in [2.24, 2.45) is 5.10 Å². The highest BCUT2D eigenvalue weighted by atomic mass is 16.3. The summed E-state index contributed by atoms with van der Waals surface area (Å²) >= 11 is 0. The molecular formula is C16H24N2O2. The van der Waals surface area contributed by atoms with Crippen molar-refractivity contribution in [1.29, 1.82) is 0 Å². The first-order chi connectivity index (χ1) is 9.74. The Labute approximate surface area is 120 Å². The van der Waals surface area contributed by atoms with E-state index < -0.39 is 0 Å². The van der Waals surface area contributed by atoms with Gasteiger partial charge in [0.05, 0.1) is 0 Å². The fraction of sp³-hybridized carbons (Fsp3) is 0.500.